The molecule has 0 bridgehead atoms. The summed E-state index contributed by atoms with van der Waals surface area (Å²) in [6.07, 6.45) is 1.76. The molecule has 1 aromatic carbocycles. The second-order valence-electron chi connectivity index (χ2n) is 8.76. The highest BCUT2D eigenvalue weighted by Crippen LogP contribution is 2.63. The van der Waals surface area contributed by atoms with E-state index >= 15 is 0 Å². The van der Waals surface area contributed by atoms with E-state index in [9.17, 15) is 27.6 Å². The molecule has 2 aliphatic carbocycles. The quantitative estimate of drug-likeness (QED) is 0.744. The highest BCUT2D eigenvalue weighted by atomic mass is 19.1. The summed E-state index contributed by atoms with van der Waals surface area (Å²) in [5, 5.41) is 2.27. The third-order valence-corrected chi connectivity index (χ3v) is 7.04. The fourth-order valence-corrected chi connectivity index (χ4v) is 5.39. The molecule has 2 aliphatic heterocycles. The molecule has 33 heavy (non-hydrogen) atoms. The maximum Gasteiger partial charge on any atom is 0.276 e. The molecule has 11 heteroatoms. The molecule has 1 saturated heterocycles. The number of nitrogens with zero attached hydrogens (tertiary/aromatic N) is 2. The van der Waals surface area contributed by atoms with Crippen molar-refractivity contribution in [3.05, 3.63) is 62.8 Å². The van der Waals surface area contributed by atoms with Crippen molar-refractivity contribution in [1.29, 1.82) is 0 Å². The van der Waals surface area contributed by atoms with Crippen molar-refractivity contribution in [2.24, 2.45) is 11.8 Å². The van der Waals surface area contributed by atoms with Gasteiger partial charge in [0, 0.05) is 30.4 Å². The first-order valence-corrected chi connectivity index (χ1v) is 10.5. The summed E-state index contributed by atoms with van der Waals surface area (Å²) in [4.78, 5) is 40.7. The minimum absolute atomic E-state index is 0.000139. The lowest BCUT2D eigenvalue weighted by Crippen LogP contribution is -2.53. The number of pyridine rings is 1. The van der Waals surface area contributed by atoms with Gasteiger partial charge in [-0.05, 0) is 18.3 Å². The van der Waals surface area contributed by atoms with Gasteiger partial charge in [-0.1, -0.05) is 0 Å². The molecule has 0 spiro atoms. The second-order valence-corrected chi connectivity index (χ2v) is 8.76. The molecule has 6 rings (SSSR count). The lowest BCUT2D eigenvalue weighted by molar-refractivity contribution is -0.0231. The Labute approximate surface area is 184 Å². The number of aromatic nitrogens is 1. The predicted molar refractivity (Wildman–Crippen MR) is 105 cm³/mol. The van der Waals surface area contributed by atoms with Crippen LogP contribution in [0, 0.1) is 29.3 Å². The largest absolute Gasteiger partial charge is 0.491 e. The smallest absolute Gasteiger partial charge is 0.276 e. The molecule has 1 aromatic heterocycles. The Hall–Kier alpha value is -3.34. The predicted octanol–water partition coefficient (Wildman–Crippen LogP) is 1.40. The van der Waals surface area contributed by atoms with Gasteiger partial charge in [-0.25, -0.2) is 13.2 Å². The number of benzene rings is 1. The Morgan fingerprint density at radius 3 is 2.64 bits per heavy atom. The van der Waals surface area contributed by atoms with Crippen LogP contribution in [0.3, 0.4) is 0 Å². The molecule has 0 radical (unpaired) electrons. The average Bonchev–Trinajstić information content (AvgIpc) is 3.38. The number of rotatable bonds is 4. The van der Waals surface area contributed by atoms with Crippen LogP contribution in [0.2, 0.25) is 0 Å². The second kappa shape index (κ2) is 6.83. The maximum absolute atomic E-state index is 13.9. The Morgan fingerprint density at radius 2 is 1.94 bits per heavy atom. The van der Waals surface area contributed by atoms with E-state index in [0.717, 1.165) is 6.42 Å². The van der Waals surface area contributed by atoms with Crippen molar-refractivity contribution in [3.8, 4) is 5.75 Å². The summed E-state index contributed by atoms with van der Waals surface area (Å²) < 4.78 is 53.6. The van der Waals surface area contributed by atoms with E-state index in [1.54, 1.807) is 4.90 Å². The van der Waals surface area contributed by atoms with Crippen molar-refractivity contribution >= 4 is 11.8 Å². The third kappa shape index (κ3) is 2.78. The molecule has 5 atom stereocenters. The van der Waals surface area contributed by atoms with Crippen molar-refractivity contribution in [2.75, 3.05) is 7.11 Å². The van der Waals surface area contributed by atoms with Gasteiger partial charge in [0.15, 0.2) is 17.7 Å². The molecule has 3 fully saturated rings. The number of fused-ring (bicyclic) bond motifs is 7. The van der Waals surface area contributed by atoms with Crippen molar-refractivity contribution in [3.63, 3.8) is 0 Å². The molecule has 3 heterocycles. The zero-order valence-corrected chi connectivity index (χ0v) is 17.3. The van der Waals surface area contributed by atoms with Gasteiger partial charge in [0.1, 0.15) is 23.0 Å². The molecule has 2 amide bonds. The van der Waals surface area contributed by atoms with Gasteiger partial charge >= 0.3 is 0 Å². The Bertz CT molecular complexity index is 1270. The first-order chi connectivity index (χ1) is 15.8. The first kappa shape index (κ1) is 20.3. The summed E-state index contributed by atoms with van der Waals surface area (Å²) in [5.74, 6) is -4.08. The number of amides is 2. The van der Waals surface area contributed by atoms with Crippen LogP contribution in [0.4, 0.5) is 13.2 Å². The van der Waals surface area contributed by atoms with E-state index in [1.807, 2.05) is 0 Å². The molecule has 2 saturated carbocycles. The van der Waals surface area contributed by atoms with Crippen LogP contribution in [0.5, 0.6) is 5.75 Å². The molecule has 2 aromatic rings. The number of carbonyl (C=O) groups is 2. The average molecular weight is 461 g/mol. The zero-order valence-electron chi connectivity index (χ0n) is 17.3. The number of hydrogen-bond donors (Lipinski definition) is 1. The van der Waals surface area contributed by atoms with Crippen LogP contribution in [-0.2, 0) is 17.8 Å². The summed E-state index contributed by atoms with van der Waals surface area (Å²) in [6.45, 7) is -0.392. The van der Waals surface area contributed by atoms with E-state index in [4.69, 9.17) is 9.47 Å². The number of halogens is 3. The minimum Gasteiger partial charge on any atom is -0.491 e. The molecule has 1 N–H and O–H groups in total. The standard InChI is InChI=1S/C22H18F3N3O5/c1-32-20-17-22(31)28-15(33-19-10-4-9(10)16(19)28)7-27(17)6-12(18(20)29)21(30)26-5-11-13(24)2-8(23)3-14(11)25/h2-3,6,9-10,15-16,19H,4-5,7H2,1H3,(H,26,30)/t9-,10+,15?,16?,19-/m1/s1. The van der Waals surface area contributed by atoms with Crippen LogP contribution in [0.15, 0.2) is 23.1 Å². The van der Waals surface area contributed by atoms with Gasteiger partial charge in [-0.15, -0.1) is 0 Å². The number of ether oxygens (including phenoxy) is 2. The van der Waals surface area contributed by atoms with Gasteiger partial charge in [0.25, 0.3) is 11.8 Å². The Morgan fingerprint density at radius 1 is 1.21 bits per heavy atom. The van der Waals surface area contributed by atoms with Crippen molar-refractivity contribution in [1.82, 2.24) is 14.8 Å². The summed E-state index contributed by atoms with van der Waals surface area (Å²) in [5.41, 5.74) is -1.68. The zero-order chi connectivity index (χ0) is 23.2. The van der Waals surface area contributed by atoms with Gasteiger partial charge in [-0.2, -0.15) is 0 Å². The fraction of sp³-hybridized carbons (Fsp3) is 0.409. The molecular weight excluding hydrogens is 443 g/mol. The molecule has 172 valence electrons. The van der Waals surface area contributed by atoms with Crippen molar-refractivity contribution < 1.29 is 32.2 Å². The van der Waals surface area contributed by atoms with E-state index < -0.39 is 47.1 Å². The lowest BCUT2D eigenvalue weighted by atomic mass is 9.88. The van der Waals surface area contributed by atoms with Gasteiger partial charge in [0.05, 0.1) is 25.8 Å². The normalized spacial score (nSPS) is 28.3. The van der Waals surface area contributed by atoms with E-state index in [2.05, 4.69) is 5.32 Å². The molecular formula is C22H18F3N3O5. The molecule has 8 nitrogen and oxygen atoms in total. The van der Waals surface area contributed by atoms with Gasteiger partial charge < -0.3 is 24.3 Å². The highest BCUT2D eigenvalue weighted by molar-refractivity contribution is 5.99. The summed E-state index contributed by atoms with van der Waals surface area (Å²) in [7, 11) is 1.23. The third-order valence-electron chi connectivity index (χ3n) is 7.04. The fourth-order valence-electron chi connectivity index (χ4n) is 5.39. The van der Waals surface area contributed by atoms with E-state index in [1.165, 1.54) is 17.9 Å². The molecule has 4 aliphatic rings. The van der Waals surface area contributed by atoms with Crippen molar-refractivity contribution in [2.45, 2.75) is 37.9 Å². The Kier molecular flexibility index (Phi) is 4.20. The van der Waals surface area contributed by atoms with Gasteiger partial charge in [0.2, 0.25) is 5.43 Å². The van der Waals surface area contributed by atoms with E-state index in [-0.39, 0.29) is 41.6 Å². The number of carbonyl (C=O) groups excluding carboxylic acids is 2. The first-order valence-electron chi connectivity index (χ1n) is 10.5. The number of nitrogens with one attached hydrogen (secondary N) is 1. The Balaban J connectivity index is 1.31. The van der Waals surface area contributed by atoms with Gasteiger partial charge in [-0.3, -0.25) is 14.4 Å². The number of hydrogen-bond acceptors (Lipinski definition) is 5. The lowest BCUT2D eigenvalue weighted by Gasteiger charge is -2.37. The van der Waals surface area contributed by atoms with Crippen LogP contribution < -0.4 is 15.5 Å². The summed E-state index contributed by atoms with van der Waals surface area (Å²) >= 11 is 0. The van der Waals surface area contributed by atoms with Crippen LogP contribution in [0.1, 0.15) is 32.8 Å². The van der Waals surface area contributed by atoms with E-state index in [0.29, 0.717) is 24.0 Å². The van der Waals surface area contributed by atoms with Crippen LogP contribution in [0.25, 0.3) is 0 Å². The molecule has 2 unspecified atom stereocenters. The highest BCUT2D eigenvalue weighted by Gasteiger charge is 2.70. The van der Waals surface area contributed by atoms with Crippen LogP contribution in [-0.4, -0.2) is 46.8 Å². The summed E-state index contributed by atoms with van der Waals surface area (Å²) in [6, 6.07) is 0.999. The van der Waals surface area contributed by atoms with Crippen LogP contribution >= 0.6 is 0 Å². The topological polar surface area (TPSA) is 89.9 Å². The maximum atomic E-state index is 13.9. The number of methoxy groups -OCH3 is 1. The minimum atomic E-state index is -1.16. The monoisotopic (exact) mass is 461 g/mol. The SMILES string of the molecule is COc1c2n(cc(C(=O)NCc3c(F)cc(F)cc3F)c1=O)CC1O[C@H]3C([C@@H]4C[C@@H]43)N1C2=O.